The van der Waals surface area contributed by atoms with E-state index in [2.05, 4.69) is 4.99 Å². The fraction of sp³-hybridized carbons (Fsp3) is 0.750. The minimum absolute atomic E-state index is 0.0586. The van der Waals surface area contributed by atoms with E-state index in [9.17, 15) is 4.79 Å². The number of nitrogens with zero attached hydrogens (tertiary/aromatic N) is 1. The van der Waals surface area contributed by atoms with Gasteiger partial charge in [-0.15, -0.1) is 0 Å². The molecular weight excluding hydrogens is 204 g/mol. The standard InChI is InChI=1S/C8H16N2O5/c1-12-4-6(10-8(9)11)15-5-7(13-2)14-3/h7H,4-5H2,1-3H3,(H2,9,11)/b10-6+. The number of ether oxygens (including phenoxy) is 4. The number of amides is 2. The summed E-state index contributed by atoms with van der Waals surface area (Å²) in [5.74, 6) is 0.0871. The maximum Gasteiger partial charge on any atom is 0.341 e. The molecule has 0 aromatic carbocycles. The lowest BCUT2D eigenvalue weighted by molar-refractivity contribution is -0.124. The number of carbonyl (C=O) groups is 1. The largest absolute Gasteiger partial charge is 0.474 e. The van der Waals surface area contributed by atoms with E-state index in [1.807, 2.05) is 0 Å². The van der Waals surface area contributed by atoms with Crippen molar-refractivity contribution in [3.05, 3.63) is 0 Å². The Morgan fingerprint density at radius 1 is 1.33 bits per heavy atom. The Morgan fingerprint density at radius 2 is 1.93 bits per heavy atom. The molecule has 0 radical (unpaired) electrons. The van der Waals surface area contributed by atoms with E-state index in [-0.39, 0.29) is 19.1 Å². The van der Waals surface area contributed by atoms with E-state index in [0.29, 0.717) is 0 Å². The van der Waals surface area contributed by atoms with E-state index >= 15 is 0 Å². The molecule has 7 heteroatoms. The number of hydrogen-bond donors (Lipinski definition) is 1. The number of urea groups is 1. The number of carbonyl (C=O) groups excluding carboxylic acids is 1. The molecule has 2 amide bonds. The summed E-state index contributed by atoms with van der Waals surface area (Å²) in [5, 5.41) is 0. The minimum atomic E-state index is -0.839. The molecule has 15 heavy (non-hydrogen) atoms. The van der Waals surface area contributed by atoms with Gasteiger partial charge in [-0.25, -0.2) is 4.79 Å². The van der Waals surface area contributed by atoms with Crippen LogP contribution in [-0.4, -0.2) is 52.8 Å². The van der Waals surface area contributed by atoms with Gasteiger partial charge in [0.25, 0.3) is 0 Å². The lowest BCUT2D eigenvalue weighted by Crippen LogP contribution is -2.25. The van der Waals surface area contributed by atoms with Crippen molar-refractivity contribution in [1.29, 1.82) is 0 Å². The van der Waals surface area contributed by atoms with Crippen LogP contribution in [0.25, 0.3) is 0 Å². The second-order valence-electron chi connectivity index (χ2n) is 2.49. The molecule has 7 nitrogen and oxygen atoms in total. The van der Waals surface area contributed by atoms with Gasteiger partial charge in [0.05, 0.1) is 0 Å². The molecule has 0 atom stereocenters. The normalized spacial score (nSPS) is 11.9. The zero-order valence-electron chi connectivity index (χ0n) is 9.06. The third kappa shape index (κ3) is 6.83. The number of methoxy groups -OCH3 is 3. The van der Waals surface area contributed by atoms with Crippen LogP contribution in [0, 0.1) is 0 Å². The Hall–Kier alpha value is -1.18. The summed E-state index contributed by atoms with van der Waals surface area (Å²) in [6.07, 6.45) is -0.528. The molecule has 2 N–H and O–H groups in total. The van der Waals surface area contributed by atoms with Crippen LogP contribution in [0.15, 0.2) is 4.99 Å². The molecule has 0 aliphatic carbocycles. The van der Waals surface area contributed by atoms with E-state index in [1.54, 1.807) is 0 Å². The Morgan fingerprint density at radius 3 is 2.33 bits per heavy atom. The molecule has 0 aromatic rings. The fourth-order valence-corrected chi connectivity index (χ4v) is 0.749. The molecule has 0 heterocycles. The van der Waals surface area contributed by atoms with Crippen molar-refractivity contribution in [3.63, 3.8) is 0 Å². The molecule has 0 aromatic heterocycles. The van der Waals surface area contributed by atoms with Crippen molar-refractivity contribution in [3.8, 4) is 0 Å². The molecule has 0 bridgehead atoms. The predicted octanol–water partition coefficient (Wildman–Crippen LogP) is -0.254. The number of aliphatic imine (C=N–C) groups is 1. The van der Waals surface area contributed by atoms with E-state index in [1.165, 1.54) is 21.3 Å². The molecule has 0 fully saturated rings. The molecule has 0 saturated heterocycles. The fourth-order valence-electron chi connectivity index (χ4n) is 0.749. The number of nitrogens with two attached hydrogens (primary N) is 1. The average molecular weight is 220 g/mol. The lowest BCUT2D eigenvalue weighted by Gasteiger charge is -2.14. The SMILES string of the molecule is COC/C(=N\C(N)=O)OCC(OC)OC. The first-order valence-corrected chi connectivity index (χ1v) is 4.18. The molecule has 0 spiro atoms. The van der Waals surface area contributed by atoms with Crippen LogP contribution in [0.5, 0.6) is 0 Å². The van der Waals surface area contributed by atoms with Gasteiger partial charge in [0.2, 0.25) is 5.90 Å². The maximum absolute atomic E-state index is 10.5. The molecule has 0 unspecified atom stereocenters. The summed E-state index contributed by atoms with van der Waals surface area (Å²) in [6.45, 7) is 0.158. The summed E-state index contributed by atoms with van der Waals surface area (Å²) >= 11 is 0. The van der Waals surface area contributed by atoms with Crippen molar-refractivity contribution in [2.75, 3.05) is 34.5 Å². The van der Waals surface area contributed by atoms with Gasteiger partial charge >= 0.3 is 6.03 Å². The highest BCUT2D eigenvalue weighted by molar-refractivity contribution is 5.90. The van der Waals surface area contributed by atoms with E-state index in [4.69, 9.17) is 24.7 Å². The Kier molecular flexibility index (Phi) is 7.51. The maximum atomic E-state index is 10.5. The molecule has 88 valence electrons. The summed E-state index contributed by atoms with van der Waals surface area (Å²) in [4.78, 5) is 13.9. The summed E-state index contributed by atoms with van der Waals surface area (Å²) in [5.41, 5.74) is 4.87. The van der Waals surface area contributed by atoms with Crippen LogP contribution in [0.1, 0.15) is 0 Å². The van der Waals surface area contributed by atoms with Crippen LogP contribution < -0.4 is 5.73 Å². The van der Waals surface area contributed by atoms with Crippen molar-refractivity contribution in [1.82, 2.24) is 0 Å². The van der Waals surface area contributed by atoms with Gasteiger partial charge in [0.15, 0.2) is 6.29 Å². The quantitative estimate of drug-likeness (QED) is 0.378. The second-order valence-corrected chi connectivity index (χ2v) is 2.49. The topological polar surface area (TPSA) is 92.4 Å². The molecular formula is C8H16N2O5. The van der Waals surface area contributed by atoms with Gasteiger partial charge in [-0.2, -0.15) is 4.99 Å². The smallest absolute Gasteiger partial charge is 0.341 e. The highest BCUT2D eigenvalue weighted by Gasteiger charge is 2.09. The average Bonchev–Trinajstić information content (AvgIpc) is 2.18. The Labute approximate surface area is 88.1 Å². The van der Waals surface area contributed by atoms with Gasteiger partial charge in [0, 0.05) is 21.3 Å². The molecule has 0 aliphatic rings. The monoisotopic (exact) mass is 220 g/mol. The predicted molar refractivity (Wildman–Crippen MR) is 52.7 cm³/mol. The number of hydrogen-bond acceptors (Lipinski definition) is 5. The Balaban J connectivity index is 4.11. The number of primary amides is 1. The first-order chi connectivity index (χ1) is 7.13. The third-order valence-electron chi connectivity index (χ3n) is 1.41. The zero-order chi connectivity index (χ0) is 11.7. The van der Waals surface area contributed by atoms with Crippen LogP contribution in [0.3, 0.4) is 0 Å². The second kappa shape index (κ2) is 8.16. The third-order valence-corrected chi connectivity index (χ3v) is 1.41. The van der Waals surface area contributed by atoms with Gasteiger partial charge in [0.1, 0.15) is 13.2 Å². The zero-order valence-corrected chi connectivity index (χ0v) is 9.06. The van der Waals surface area contributed by atoms with Crippen molar-refractivity contribution in [2.24, 2.45) is 10.7 Å². The summed E-state index contributed by atoms with van der Waals surface area (Å²) in [6, 6.07) is -0.839. The van der Waals surface area contributed by atoms with E-state index < -0.39 is 12.3 Å². The highest BCUT2D eigenvalue weighted by atomic mass is 16.7. The van der Waals surface area contributed by atoms with Gasteiger partial charge in [-0.1, -0.05) is 0 Å². The molecule has 0 aliphatic heterocycles. The highest BCUT2D eigenvalue weighted by Crippen LogP contribution is 1.94. The van der Waals surface area contributed by atoms with Gasteiger partial charge < -0.3 is 24.7 Å². The van der Waals surface area contributed by atoms with Crippen molar-refractivity contribution < 1.29 is 23.7 Å². The first-order valence-electron chi connectivity index (χ1n) is 4.18. The van der Waals surface area contributed by atoms with Crippen LogP contribution in [0.4, 0.5) is 4.79 Å². The van der Waals surface area contributed by atoms with E-state index in [0.717, 1.165) is 0 Å². The van der Waals surface area contributed by atoms with Crippen LogP contribution in [0.2, 0.25) is 0 Å². The number of rotatable bonds is 6. The summed E-state index contributed by atoms with van der Waals surface area (Å²) < 4.78 is 19.6. The van der Waals surface area contributed by atoms with Crippen molar-refractivity contribution >= 4 is 11.9 Å². The molecule has 0 saturated carbocycles. The first kappa shape index (κ1) is 13.8. The minimum Gasteiger partial charge on any atom is -0.474 e. The van der Waals surface area contributed by atoms with Crippen molar-refractivity contribution in [2.45, 2.75) is 6.29 Å². The van der Waals surface area contributed by atoms with Gasteiger partial charge in [-0.05, 0) is 0 Å². The van der Waals surface area contributed by atoms with Gasteiger partial charge in [-0.3, -0.25) is 0 Å². The molecule has 0 rings (SSSR count). The van der Waals surface area contributed by atoms with Crippen LogP contribution in [-0.2, 0) is 18.9 Å². The van der Waals surface area contributed by atoms with Crippen LogP contribution >= 0.6 is 0 Å². The lowest BCUT2D eigenvalue weighted by atomic mass is 10.6. The summed E-state index contributed by atoms with van der Waals surface area (Å²) in [7, 11) is 4.39. The Bertz CT molecular complexity index is 215.